The molecule has 5 nitrogen and oxygen atoms in total. The number of carbonyl (C=O) groups is 2. The van der Waals surface area contributed by atoms with Crippen LogP contribution in [0.1, 0.15) is 24.2 Å². The van der Waals surface area contributed by atoms with Crippen LogP contribution in [0.2, 0.25) is 0 Å². The van der Waals surface area contributed by atoms with Crippen molar-refractivity contribution in [2.75, 3.05) is 0 Å². The highest BCUT2D eigenvalue weighted by atomic mass is 32.2. The van der Waals surface area contributed by atoms with E-state index >= 15 is 0 Å². The minimum Gasteiger partial charge on any atom is -0.357 e. The molecule has 1 aromatic rings. The van der Waals surface area contributed by atoms with Crippen molar-refractivity contribution in [3.05, 3.63) is 57.8 Å². The summed E-state index contributed by atoms with van der Waals surface area (Å²) in [6, 6.07) is 10.5. The van der Waals surface area contributed by atoms with Crippen LogP contribution in [-0.4, -0.2) is 17.1 Å². The number of nitriles is 1. The van der Waals surface area contributed by atoms with Gasteiger partial charge in [0.15, 0.2) is 0 Å². The molecule has 1 amide bonds. The van der Waals surface area contributed by atoms with Gasteiger partial charge in [-0.2, -0.15) is 5.26 Å². The molecule has 0 aromatic heterocycles. The molecule has 0 saturated carbocycles. The van der Waals surface area contributed by atoms with E-state index in [1.807, 2.05) is 19.9 Å². The van der Waals surface area contributed by atoms with Gasteiger partial charge in [-0.25, -0.2) is 0 Å². The molecule has 2 unspecified atom stereocenters. The largest absolute Gasteiger partial charge is 0.357 e. The number of hydrogen-bond acceptors (Lipinski definition) is 5. The van der Waals surface area contributed by atoms with Gasteiger partial charge in [0.05, 0.1) is 11.3 Å². The van der Waals surface area contributed by atoms with Gasteiger partial charge in [-0.15, -0.1) is 11.8 Å². The van der Waals surface area contributed by atoms with Crippen LogP contribution in [-0.2, 0) is 4.79 Å². The van der Waals surface area contributed by atoms with Crippen molar-refractivity contribution in [1.29, 1.82) is 5.26 Å². The van der Waals surface area contributed by atoms with Crippen molar-refractivity contribution in [2.45, 2.75) is 19.2 Å². The Morgan fingerprint density at radius 2 is 1.96 bits per heavy atom. The Bertz CT molecular complexity index is 790. The van der Waals surface area contributed by atoms with Gasteiger partial charge in [-0.1, -0.05) is 30.3 Å². The number of benzene rings is 1. The zero-order valence-corrected chi connectivity index (χ0v) is 13.5. The molecule has 2 N–H and O–H groups in total. The summed E-state index contributed by atoms with van der Waals surface area (Å²) in [5, 5.41) is 15.0. The standard InChI is InChI=1S/C17H15N3O2S/c1-9-10(2)23-17-13(9)16(22)19-15(20-17)12(8-18)14(21)11-6-4-3-5-7-11/h3-7,13,17,20H,1-2H3,(H,19,22)/b15-12-. The fourth-order valence-corrected chi connectivity index (χ4v) is 4.05. The van der Waals surface area contributed by atoms with Crippen LogP contribution < -0.4 is 10.6 Å². The summed E-state index contributed by atoms with van der Waals surface area (Å²) in [5.41, 5.74) is 1.36. The summed E-state index contributed by atoms with van der Waals surface area (Å²) in [6.45, 7) is 3.90. The number of rotatable bonds is 2. The molecule has 0 radical (unpaired) electrons. The molecule has 2 atom stereocenters. The van der Waals surface area contributed by atoms with E-state index in [-0.39, 0.29) is 28.6 Å². The molecule has 2 heterocycles. The third-order valence-corrected chi connectivity index (χ3v) is 5.39. The number of hydrogen-bond donors (Lipinski definition) is 2. The Morgan fingerprint density at radius 3 is 2.61 bits per heavy atom. The first-order chi connectivity index (χ1) is 11.0. The summed E-state index contributed by atoms with van der Waals surface area (Å²) in [6.07, 6.45) is 0. The van der Waals surface area contributed by atoms with E-state index in [9.17, 15) is 14.9 Å². The minimum absolute atomic E-state index is 0.0780. The Morgan fingerprint density at radius 1 is 1.26 bits per heavy atom. The number of Topliss-reactive ketones (excluding diaryl/α,β-unsaturated/α-hetero) is 1. The number of nitrogens with one attached hydrogen (secondary N) is 2. The van der Waals surface area contributed by atoms with Gasteiger partial charge < -0.3 is 10.6 Å². The molecule has 2 aliphatic heterocycles. The average molecular weight is 325 g/mol. The van der Waals surface area contributed by atoms with E-state index in [2.05, 4.69) is 10.6 Å². The fraction of sp³-hybridized carbons (Fsp3) is 0.235. The van der Waals surface area contributed by atoms with Crippen molar-refractivity contribution in [3.8, 4) is 6.07 Å². The van der Waals surface area contributed by atoms with Crippen LogP contribution in [0.3, 0.4) is 0 Å². The van der Waals surface area contributed by atoms with Crippen molar-refractivity contribution in [1.82, 2.24) is 10.6 Å². The minimum atomic E-state index is -0.404. The predicted molar refractivity (Wildman–Crippen MR) is 87.9 cm³/mol. The van der Waals surface area contributed by atoms with Gasteiger partial charge >= 0.3 is 0 Å². The van der Waals surface area contributed by atoms with Crippen LogP contribution in [0, 0.1) is 17.2 Å². The Balaban J connectivity index is 1.94. The molecule has 0 spiro atoms. The van der Waals surface area contributed by atoms with Gasteiger partial charge in [0, 0.05) is 5.56 Å². The molecule has 3 rings (SSSR count). The van der Waals surface area contributed by atoms with Crippen LogP contribution in [0.25, 0.3) is 0 Å². The summed E-state index contributed by atoms with van der Waals surface area (Å²) in [7, 11) is 0. The van der Waals surface area contributed by atoms with E-state index in [0.29, 0.717) is 5.56 Å². The summed E-state index contributed by atoms with van der Waals surface area (Å²) >= 11 is 1.55. The number of fused-ring (bicyclic) bond motifs is 1. The normalized spacial score (nSPS) is 25.2. The lowest BCUT2D eigenvalue weighted by Crippen LogP contribution is -2.51. The highest BCUT2D eigenvalue weighted by Crippen LogP contribution is 2.42. The summed E-state index contributed by atoms with van der Waals surface area (Å²) < 4.78 is 0. The number of carbonyl (C=O) groups excluding carboxylic acids is 2. The number of amides is 1. The average Bonchev–Trinajstić information content (AvgIpc) is 2.84. The second-order valence-electron chi connectivity index (χ2n) is 5.45. The van der Waals surface area contributed by atoms with E-state index in [1.165, 1.54) is 0 Å². The zero-order valence-electron chi connectivity index (χ0n) is 12.7. The van der Waals surface area contributed by atoms with E-state index < -0.39 is 5.78 Å². The van der Waals surface area contributed by atoms with Crippen molar-refractivity contribution >= 4 is 23.5 Å². The van der Waals surface area contributed by atoms with Gasteiger partial charge in [0.1, 0.15) is 17.5 Å². The molecular weight excluding hydrogens is 310 g/mol. The van der Waals surface area contributed by atoms with Crippen molar-refractivity contribution in [2.24, 2.45) is 5.92 Å². The van der Waals surface area contributed by atoms with Crippen molar-refractivity contribution < 1.29 is 9.59 Å². The molecule has 1 aromatic carbocycles. The molecular formula is C17H15N3O2S. The first-order valence-electron chi connectivity index (χ1n) is 7.18. The monoisotopic (exact) mass is 325 g/mol. The Kier molecular flexibility index (Phi) is 3.97. The second kappa shape index (κ2) is 5.94. The first-order valence-corrected chi connectivity index (χ1v) is 8.06. The molecule has 1 saturated heterocycles. The Labute approximate surface area is 138 Å². The molecule has 116 valence electrons. The topological polar surface area (TPSA) is 82.0 Å². The zero-order chi connectivity index (χ0) is 16.6. The van der Waals surface area contributed by atoms with Crippen LogP contribution in [0.4, 0.5) is 0 Å². The highest BCUT2D eigenvalue weighted by Gasteiger charge is 2.42. The van der Waals surface area contributed by atoms with Crippen molar-refractivity contribution in [3.63, 3.8) is 0 Å². The molecule has 23 heavy (non-hydrogen) atoms. The highest BCUT2D eigenvalue weighted by molar-refractivity contribution is 8.03. The number of nitrogens with zero attached hydrogens (tertiary/aromatic N) is 1. The Hall–Kier alpha value is -2.52. The lowest BCUT2D eigenvalue weighted by molar-refractivity contribution is -0.124. The number of ketones is 1. The van der Waals surface area contributed by atoms with Crippen LogP contribution in [0.5, 0.6) is 0 Å². The SMILES string of the molecule is CC1=C(C)C2C(=O)N/C(=C(\C#N)C(=O)c3ccccc3)NC2S1. The third-order valence-electron chi connectivity index (χ3n) is 4.07. The molecule has 6 heteroatoms. The number of allylic oxidation sites excluding steroid dienone is 2. The van der Waals surface area contributed by atoms with E-state index in [1.54, 1.807) is 42.1 Å². The maximum absolute atomic E-state index is 12.5. The fourth-order valence-electron chi connectivity index (χ4n) is 2.71. The second-order valence-corrected chi connectivity index (χ2v) is 6.80. The van der Waals surface area contributed by atoms with E-state index in [4.69, 9.17) is 0 Å². The molecule has 2 aliphatic rings. The maximum Gasteiger partial charge on any atom is 0.235 e. The molecule has 1 fully saturated rings. The van der Waals surface area contributed by atoms with Gasteiger partial charge in [-0.3, -0.25) is 9.59 Å². The summed E-state index contributed by atoms with van der Waals surface area (Å²) in [4.78, 5) is 26.0. The maximum atomic E-state index is 12.5. The molecule has 0 aliphatic carbocycles. The van der Waals surface area contributed by atoms with Gasteiger partial charge in [0.2, 0.25) is 11.7 Å². The lowest BCUT2D eigenvalue weighted by atomic mass is 9.96. The van der Waals surface area contributed by atoms with Crippen LogP contribution in [0.15, 0.2) is 52.2 Å². The molecule has 0 bridgehead atoms. The third kappa shape index (κ3) is 2.64. The van der Waals surface area contributed by atoms with Gasteiger partial charge in [0.25, 0.3) is 0 Å². The smallest absolute Gasteiger partial charge is 0.235 e. The predicted octanol–water partition coefficient (Wildman–Crippen LogP) is 2.31. The van der Waals surface area contributed by atoms with Crippen LogP contribution >= 0.6 is 11.8 Å². The quantitative estimate of drug-likeness (QED) is 0.495. The summed E-state index contributed by atoms with van der Waals surface area (Å²) in [5.74, 6) is -0.656. The lowest BCUT2D eigenvalue weighted by Gasteiger charge is -2.30. The van der Waals surface area contributed by atoms with Gasteiger partial charge in [-0.05, 0) is 24.3 Å². The first kappa shape index (κ1) is 15.4. The van der Waals surface area contributed by atoms with E-state index in [0.717, 1.165) is 10.5 Å². The number of thioether (sulfide) groups is 1.